The smallest absolute Gasteiger partial charge is 0.283 e. The van der Waals surface area contributed by atoms with Crippen LogP contribution in [-0.4, -0.2) is 56.2 Å². The Morgan fingerprint density at radius 1 is 0.300 bits per heavy atom. The largest absolute Gasteiger partial charge is 0.360 e. The third-order valence-corrected chi connectivity index (χ3v) is 31.8. The molecule has 3 aliphatic carbocycles. The fraction of sp³-hybridized carbons (Fsp3) is 0.275. The lowest BCUT2D eigenvalue weighted by atomic mass is 9.72. The summed E-state index contributed by atoms with van der Waals surface area (Å²) in [5.41, 5.74) is 24.6. The average Bonchev–Trinajstić information content (AvgIpc) is 1.82. The van der Waals surface area contributed by atoms with Crippen molar-refractivity contribution < 1.29 is 72.3 Å². The number of rotatable bonds is 20. The van der Waals surface area contributed by atoms with E-state index in [1.54, 1.807) is 110 Å². The number of thiazole rings is 1. The Morgan fingerprint density at radius 3 is 0.762 bits per heavy atom. The predicted molar refractivity (Wildman–Crippen MR) is 502 cm³/mol. The molecule has 0 bridgehead atoms. The molecule has 5 amide bonds. The molecule has 1 aromatic heterocycles. The van der Waals surface area contributed by atoms with E-state index in [0.29, 0.717) is 46.5 Å². The number of thioether (sulfide) groups is 5. The highest BCUT2D eigenvalue weighted by molar-refractivity contribution is 8.15. The Morgan fingerprint density at radius 2 is 0.515 bits per heavy atom. The number of aromatic nitrogens is 1. The highest BCUT2D eigenvalue weighted by Crippen LogP contribution is 2.58. The monoisotopic (exact) mass is 1890 g/mol. The van der Waals surface area contributed by atoms with Gasteiger partial charge in [-0.15, -0.1) is 11.3 Å². The van der Waals surface area contributed by atoms with Gasteiger partial charge in [0.2, 0.25) is 0 Å². The summed E-state index contributed by atoms with van der Waals surface area (Å²) in [5, 5.41) is 3.62. The van der Waals surface area contributed by atoms with Crippen LogP contribution in [0.5, 0.6) is 0 Å². The quantitative estimate of drug-likeness (QED) is 0.0419. The van der Waals surface area contributed by atoms with Gasteiger partial charge in [0.25, 0.3) is 26.2 Å². The summed E-state index contributed by atoms with van der Waals surface area (Å²) >= 11 is 6.83. The number of amides is 5. The van der Waals surface area contributed by atoms with Crippen molar-refractivity contribution in [3.8, 4) is 0 Å². The number of nitrogens with two attached hydrogens (primary N) is 3. The SMILES string of the molecule is CNC(=O)SC(c1ccc(F)cc1)(c1ccc(F)cc1)C1CCCC1.NC(=O)SC(c1ccc(F)cc1)(c1ccc(F)cc1)C1CCCCC1.NC(=O)SC(c1ccc(F)cc1)(c1ccc(F)cc1)c1ccc(F)cc1.NC(=O)SC(c1ccc(F)cc1)(c1nccs1)C1CCCCC1.O=C(SC(c1ccc(F)cc1)(c1ccc(F)cc1)c1ccc(F)cc1)N1CCCCC1. The third kappa shape index (κ3) is 23.8. The van der Waals surface area contributed by atoms with Crippen molar-refractivity contribution in [2.75, 3.05) is 20.1 Å². The summed E-state index contributed by atoms with van der Waals surface area (Å²) in [6, 6.07) is 66.0. The lowest BCUT2D eigenvalue weighted by Gasteiger charge is -2.42. The van der Waals surface area contributed by atoms with Crippen LogP contribution >= 0.6 is 70.1 Å². The van der Waals surface area contributed by atoms with E-state index in [1.165, 1.54) is 206 Å². The maximum Gasteiger partial charge on any atom is 0.283 e. The molecule has 12 aromatic rings. The molecule has 28 heteroatoms. The van der Waals surface area contributed by atoms with Crippen molar-refractivity contribution >= 4 is 96.3 Å². The normalized spacial score (nSPS) is 15.0. The molecule has 16 rings (SSSR count). The first-order valence-electron chi connectivity index (χ1n) is 42.7. The molecule has 4 aliphatic rings. The number of piperidine rings is 1. The maximum atomic E-state index is 13.8. The molecule has 0 radical (unpaired) electrons. The number of halogens is 11. The minimum absolute atomic E-state index is 0.113. The van der Waals surface area contributed by atoms with Gasteiger partial charge in [0, 0.05) is 31.7 Å². The summed E-state index contributed by atoms with van der Waals surface area (Å²) in [6.07, 6.45) is 19.7. The van der Waals surface area contributed by atoms with E-state index in [-0.39, 0.29) is 57.3 Å². The second kappa shape index (κ2) is 46.0. The van der Waals surface area contributed by atoms with E-state index >= 15 is 0 Å². The first-order valence-corrected chi connectivity index (χ1v) is 47.7. The van der Waals surface area contributed by atoms with E-state index in [4.69, 9.17) is 17.2 Å². The molecule has 0 spiro atoms. The van der Waals surface area contributed by atoms with Gasteiger partial charge in [-0.05, 0) is 329 Å². The lowest BCUT2D eigenvalue weighted by Crippen LogP contribution is -2.37. The van der Waals surface area contributed by atoms with Crippen LogP contribution in [0.3, 0.4) is 0 Å². The average molecular weight is 1890 g/mol. The molecule has 11 aromatic carbocycles. The molecule has 1 aliphatic heterocycles. The van der Waals surface area contributed by atoms with Crippen LogP contribution in [-0.2, 0) is 23.7 Å². The van der Waals surface area contributed by atoms with E-state index in [2.05, 4.69) is 10.3 Å². The second-order valence-corrected chi connectivity index (χ2v) is 39.0. The highest BCUT2D eigenvalue weighted by Gasteiger charge is 2.50. The summed E-state index contributed by atoms with van der Waals surface area (Å²) in [5.74, 6) is -3.41. The summed E-state index contributed by atoms with van der Waals surface area (Å²) in [4.78, 5) is 67.9. The number of hydrogen-bond donors (Lipinski definition) is 4. The van der Waals surface area contributed by atoms with Gasteiger partial charge in [-0.1, -0.05) is 185 Å². The predicted octanol–water partition coefficient (Wildman–Crippen LogP) is 27.9. The van der Waals surface area contributed by atoms with E-state index < -0.39 is 74.4 Å². The van der Waals surface area contributed by atoms with Gasteiger partial charge in [0.15, 0.2) is 0 Å². The number of carbonyl (C=O) groups is 5. The van der Waals surface area contributed by atoms with Crippen molar-refractivity contribution in [1.82, 2.24) is 15.2 Å². The van der Waals surface area contributed by atoms with Gasteiger partial charge in [0.1, 0.15) is 83.2 Å². The molecule has 130 heavy (non-hydrogen) atoms. The van der Waals surface area contributed by atoms with Crippen LogP contribution in [0.4, 0.5) is 72.3 Å². The lowest BCUT2D eigenvalue weighted by molar-refractivity contribution is 0.211. The number of nitrogens with zero attached hydrogens (tertiary/aromatic N) is 2. The van der Waals surface area contributed by atoms with Crippen molar-refractivity contribution in [3.63, 3.8) is 0 Å². The first kappa shape index (κ1) is 98.4. The van der Waals surface area contributed by atoms with E-state index in [1.807, 2.05) is 10.3 Å². The fourth-order valence-electron chi connectivity index (χ4n) is 18.0. The van der Waals surface area contributed by atoms with E-state index in [0.717, 1.165) is 176 Å². The van der Waals surface area contributed by atoms with Crippen molar-refractivity contribution in [2.24, 2.45) is 35.0 Å². The first-order chi connectivity index (χ1) is 62.6. The van der Waals surface area contributed by atoms with Crippen LogP contribution in [0.15, 0.2) is 278 Å². The van der Waals surface area contributed by atoms with Crippen LogP contribution < -0.4 is 22.5 Å². The van der Waals surface area contributed by atoms with Gasteiger partial charge < -0.3 is 27.4 Å². The van der Waals surface area contributed by atoms with Crippen LogP contribution in [0.2, 0.25) is 0 Å². The zero-order chi connectivity index (χ0) is 92.6. The Bertz CT molecular complexity index is 5270. The molecule has 1 atom stereocenters. The van der Waals surface area contributed by atoms with Gasteiger partial charge in [-0.3, -0.25) is 24.0 Å². The van der Waals surface area contributed by atoms with Crippen molar-refractivity contribution in [2.45, 2.75) is 133 Å². The minimum Gasteiger partial charge on any atom is -0.360 e. The molecule has 7 N–H and O–H groups in total. The minimum atomic E-state index is -1.18. The molecule has 3 saturated carbocycles. The molecule has 11 nitrogen and oxygen atoms in total. The molecule has 2 heterocycles. The summed E-state index contributed by atoms with van der Waals surface area (Å²) < 4.78 is 145. The van der Waals surface area contributed by atoms with E-state index in [9.17, 15) is 72.3 Å². The fourth-order valence-corrected chi connectivity index (χ4v) is 25.2. The summed E-state index contributed by atoms with van der Waals surface area (Å²) in [7, 11) is 1.60. The second-order valence-electron chi connectivity index (χ2n) is 32.0. The summed E-state index contributed by atoms with van der Waals surface area (Å²) in [6.45, 7) is 1.36. The van der Waals surface area contributed by atoms with Crippen molar-refractivity contribution in [3.05, 3.63) is 409 Å². The Balaban J connectivity index is 0.000000148. The maximum absolute atomic E-state index is 13.8. The number of nitrogens with one attached hydrogen (secondary N) is 1. The molecular weight excluding hydrogens is 1790 g/mol. The highest BCUT2D eigenvalue weighted by atomic mass is 32.2. The molecular formula is C102H97F11N6O5S6. The Labute approximate surface area is 775 Å². The number of hydrogen-bond acceptors (Lipinski definition) is 12. The number of likely N-dealkylation sites (tertiary alicyclic amines) is 1. The third-order valence-electron chi connectivity index (χ3n) is 24.0. The van der Waals surface area contributed by atoms with Crippen LogP contribution in [0, 0.1) is 81.7 Å². The molecule has 4 fully saturated rings. The van der Waals surface area contributed by atoms with Gasteiger partial charge in [-0.2, -0.15) is 0 Å². The zero-order valence-electron chi connectivity index (χ0n) is 71.0. The Hall–Kier alpha value is -10.6. The van der Waals surface area contributed by atoms with Gasteiger partial charge in [-0.25, -0.2) is 53.3 Å². The van der Waals surface area contributed by atoms with Crippen molar-refractivity contribution in [1.29, 1.82) is 0 Å². The van der Waals surface area contributed by atoms with Crippen LogP contribution in [0.25, 0.3) is 0 Å². The number of benzene rings is 11. The molecule has 678 valence electrons. The topological polar surface area (TPSA) is 192 Å². The Kier molecular flexibility index (Phi) is 34.8. The van der Waals surface area contributed by atoms with Crippen LogP contribution in [0.1, 0.15) is 175 Å². The molecule has 1 unspecified atom stereocenters. The van der Waals surface area contributed by atoms with Gasteiger partial charge >= 0.3 is 0 Å². The van der Waals surface area contributed by atoms with Gasteiger partial charge in [0.05, 0.1) is 9.49 Å². The number of primary amides is 3. The number of carbonyl (C=O) groups excluding carboxylic acids is 5. The molecule has 1 saturated heterocycles. The standard InChI is InChI=1S/C25H22F3NOS.C20H14F3NOS.2C20H21F2NOS.C17H19FN2OS2/c26-21-10-4-18(5-11-21)25(19-6-12-22(27)13-7-19,20-8-14-23(28)15-9-20)31-24(30)29-16-2-1-3-17-29;21-16-7-1-13(2-8-16)20(26-19(24)25,14-3-9-17(22)10-4-14)15-5-11-18(23)12-6-15;1-23-19(24)25-20(14-4-2-3-5-14,15-6-10-17(21)11-7-15)16-8-12-18(22)13-9-16;21-17-10-6-15(7-11-17)20(25-19(23)24,14-4-2-1-3-5-14)16-8-12-18(22)13-9-16;18-14-8-6-13(7-9-14)17(23-16(19)21,15-20-10-11-22-15)12-4-2-1-3-5-12/h4-15H,1-3,16-17H2;1-12H,(H2,24,25);6-14H,2-5H2,1H3,(H,23,24);6-14H,1-5H2,(H2,23,24);6-12H,1-5H2,(H2,19,21). The zero-order valence-corrected chi connectivity index (χ0v) is 75.9.